The summed E-state index contributed by atoms with van der Waals surface area (Å²) in [7, 11) is 0. The number of phenolic OH excluding ortho intramolecular Hbond substituents is 2. The van der Waals surface area contributed by atoms with Crippen LogP contribution in [-0.2, 0) is 0 Å². The molecular formula is C11H15NO3S. The summed E-state index contributed by atoms with van der Waals surface area (Å²) >= 11 is 1.65. The van der Waals surface area contributed by atoms with Crippen molar-refractivity contribution in [3.05, 3.63) is 23.8 Å². The smallest absolute Gasteiger partial charge is 0.251 e. The molecule has 16 heavy (non-hydrogen) atoms. The fraction of sp³-hybridized carbons (Fsp3) is 0.364. The van der Waals surface area contributed by atoms with Crippen molar-refractivity contribution in [3.8, 4) is 11.5 Å². The summed E-state index contributed by atoms with van der Waals surface area (Å²) in [6.07, 6.45) is 1.97. The Kier molecular flexibility index (Phi) is 4.49. The van der Waals surface area contributed by atoms with E-state index < -0.39 is 0 Å². The molecule has 0 spiro atoms. The van der Waals surface area contributed by atoms with Gasteiger partial charge < -0.3 is 15.5 Å². The van der Waals surface area contributed by atoms with Gasteiger partial charge in [-0.2, -0.15) is 11.8 Å². The number of phenols is 2. The van der Waals surface area contributed by atoms with Crippen LogP contribution in [-0.4, -0.2) is 34.2 Å². The van der Waals surface area contributed by atoms with Gasteiger partial charge in [0.05, 0.1) is 0 Å². The Morgan fingerprint density at radius 1 is 1.44 bits per heavy atom. The van der Waals surface area contributed by atoms with Crippen LogP contribution in [0.4, 0.5) is 0 Å². The van der Waals surface area contributed by atoms with Crippen LogP contribution >= 0.6 is 11.8 Å². The number of nitrogens with one attached hydrogen (secondary N) is 1. The zero-order valence-electron chi connectivity index (χ0n) is 9.23. The van der Waals surface area contributed by atoms with Crippen LogP contribution in [0.1, 0.15) is 17.3 Å². The Labute approximate surface area is 98.7 Å². The fourth-order valence-electron chi connectivity index (χ4n) is 1.26. The Balaban J connectivity index is 2.69. The van der Waals surface area contributed by atoms with Crippen molar-refractivity contribution in [2.45, 2.75) is 13.0 Å². The van der Waals surface area contributed by atoms with Crippen molar-refractivity contribution in [1.82, 2.24) is 5.32 Å². The summed E-state index contributed by atoms with van der Waals surface area (Å²) in [6.45, 7) is 1.91. The number of amides is 1. The molecule has 0 heterocycles. The largest absolute Gasteiger partial charge is 0.504 e. The zero-order valence-corrected chi connectivity index (χ0v) is 10.0. The van der Waals surface area contributed by atoms with E-state index >= 15 is 0 Å². The minimum absolute atomic E-state index is 0.0680. The number of thioether (sulfide) groups is 1. The standard InChI is InChI=1S/C11H15NO3S/c1-7(6-16-2)12-11(15)8-3-4-9(13)10(14)5-8/h3-5,7,13-14H,6H2,1-2H3,(H,12,15). The van der Waals surface area contributed by atoms with E-state index in [1.165, 1.54) is 18.2 Å². The monoisotopic (exact) mass is 241 g/mol. The molecule has 1 aromatic rings. The second-order valence-corrected chi connectivity index (χ2v) is 4.44. The number of carbonyl (C=O) groups is 1. The third-order valence-corrected chi connectivity index (χ3v) is 2.87. The van der Waals surface area contributed by atoms with Crippen LogP contribution < -0.4 is 5.32 Å². The second-order valence-electron chi connectivity index (χ2n) is 3.53. The summed E-state index contributed by atoms with van der Waals surface area (Å²) in [4.78, 5) is 11.7. The van der Waals surface area contributed by atoms with Crippen molar-refractivity contribution >= 4 is 17.7 Å². The highest BCUT2D eigenvalue weighted by Crippen LogP contribution is 2.24. The summed E-state index contributed by atoms with van der Waals surface area (Å²) in [6, 6.07) is 4.08. The average molecular weight is 241 g/mol. The lowest BCUT2D eigenvalue weighted by Gasteiger charge is -2.12. The molecule has 0 fully saturated rings. The van der Waals surface area contributed by atoms with Crippen molar-refractivity contribution < 1.29 is 15.0 Å². The van der Waals surface area contributed by atoms with Gasteiger partial charge in [-0.05, 0) is 31.4 Å². The normalized spacial score (nSPS) is 12.1. The van der Waals surface area contributed by atoms with Gasteiger partial charge >= 0.3 is 0 Å². The minimum Gasteiger partial charge on any atom is -0.504 e. The summed E-state index contributed by atoms with van der Waals surface area (Å²) < 4.78 is 0. The Hall–Kier alpha value is -1.36. The van der Waals surface area contributed by atoms with E-state index in [-0.39, 0.29) is 23.4 Å². The van der Waals surface area contributed by atoms with Crippen LogP contribution in [0.15, 0.2) is 18.2 Å². The van der Waals surface area contributed by atoms with E-state index in [4.69, 9.17) is 5.11 Å². The number of rotatable bonds is 4. The topological polar surface area (TPSA) is 69.6 Å². The summed E-state index contributed by atoms with van der Waals surface area (Å²) in [5.41, 5.74) is 0.336. The van der Waals surface area contributed by atoms with Crippen molar-refractivity contribution in [3.63, 3.8) is 0 Å². The molecule has 1 amide bonds. The van der Waals surface area contributed by atoms with Gasteiger partial charge in [0, 0.05) is 17.4 Å². The molecule has 0 aliphatic carbocycles. The maximum Gasteiger partial charge on any atom is 0.251 e. The lowest BCUT2D eigenvalue weighted by molar-refractivity contribution is 0.0943. The zero-order chi connectivity index (χ0) is 12.1. The highest BCUT2D eigenvalue weighted by atomic mass is 32.2. The molecule has 0 bridgehead atoms. The predicted molar refractivity (Wildman–Crippen MR) is 65.1 cm³/mol. The fourth-order valence-corrected chi connectivity index (χ4v) is 1.85. The lowest BCUT2D eigenvalue weighted by atomic mass is 10.2. The second kappa shape index (κ2) is 5.65. The van der Waals surface area contributed by atoms with Crippen molar-refractivity contribution in [1.29, 1.82) is 0 Å². The van der Waals surface area contributed by atoms with Gasteiger partial charge in [-0.25, -0.2) is 0 Å². The molecule has 0 saturated carbocycles. The molecule has 88 valence electrons. The highest BCUT2D eigenvalue weighted by Gasteiger charge is 2.11. The van der Waals surface area contributed by atoms with Crippen LogP contribution in [0.25, 0.3) is 0 Å². The average Bonchev–Trinajstić information content (AvgIpc) is 2.22. The molecule has 0 aliphatic heterocycles. The summed E-state index contributed by atoms with van der Waals surface area (Å²) in [5, 5.41) is 21.2. The maximum absolute atomic E-state index is 11.7. The van der Waals surface area contributed by atoms with Gasteiger partial charge in [-0.15, -0.1) is 0 Å². The molecule has 1 unspecified atom stereocenters. The molecule has 0 aromatic heterocycles. The molecular weight excluding hydrogens is 226 g/mol. The molecule has 3 N–H and O–H groups in total. The first-order chi connectivity index (χ1) is 7.54. The SMILES string of the molecule is CSCC(C)NC(=O)c1ccc(O)c(O)c1. The van der Waals surface area contributed by atoms with Crippen LogP contribution in [0.2, 0.25) is 0 Å². The van der Waals surface area contributed by atoms with Crippen molar-refractivity contribution in [2.75, 3.05) is 12.0 Å². The van der Waals surface area contributed by atoms with Gasteiger partial charge in [0.2, 0.25) is 0 Å². The number of carbonyl (C=O) groups excluding carboxylic acids is 1. The lowest BCUT2D eigenvalue weighted by Crippen LogP contribution is -2.34. The maximum atomic E-state index is 11.7. The molecule has 0 aliphatic rings. The number of aromatic hydroxyl groups is 2. The number of benzene rings is 1. The molecule has 0 saturated heterocycles. The number of hydrogen-bond acceptors (Lipinski definition) is 4. The molecule has 1 rings (SSSR count). The number of hydrogen-bond donors (Lipinski definition) is 3. The van der Waals surface area contributed by atoms with E-state index in [2.05, 4.69) is 5.32 Å². The van der Waals surface area contributed by atoms with E-state index in [0.29, 0.717) is 5.56 Å². The first kappa shape index (κ1) is 12.7. The van der Waals surface area contributed by atoms with E-state index in [1.807, 2.05) is 13.2 Å². The van der Waals surface area contributed by atoms with Gasteiger partial charge in [-0.3, -0.25) is 4.79 Å². The Morgan fingerprint density at radius 2 is 2.12 bits per heavy atom. The minimum atomic E-state index is -0.287. The van der Waals surface area contributed by atoms with Gasteiger partial charge in [0.1, 0.15) is 0 Å². The van der Waals surface area contributed by atoms with E-state index in [9.17, 15) is 9.90 Å². The van der Waals surface area contributed by atoms with E-state index in [1.54, 1.807) is 11.8 Å². The molecule has 5 heteroatoms. The molecule has 4 nitrogen and oxygen atoms in total. The van der Waals surface area contributed by atoms with Gasteiger partial charge in [0.25, 0.3) is 5.91 Å². The van der Waals surface area contributed by atoms with Gasteiger partial charge in [-0.1, -0.05) is 0 Å². The molecule has 1 atom stereocenters. The first-order valence-corrected chi connectivity index (χ1v) is 6.25. The van der Waals surface area contributed by atoms with Crippen molar-refractivity contribution in [2.24, 2.45) is 0 Å². The van der Waals surface area contributed by atoms with Crippen LogP contribution in [0.3, 0.4) is 0 Å². The Morgan fingerprint density at radius 3 is 2.69 bits per heavy atom. The third kappa shape index (κ3) is 3.34. The van der Waals surface area contributed by atoms with E-state index in [0.717, 1.165) is 5.75 Å². The van der Waals surface area contributed by atoms with Gasteiger partial charge in [0.15, 0.2) is 11.5 Å². The highest BCUT2D eigenvalue weighted by molar-refractivity contribution is 7.98. The third-order valence-electron chi connectivity index (χ3n) is 2.03. The molecule has 1 aromatic carbocycles. The molecule has 0 radical (unpaired) electrons. The summed E-state index contributed by atoms with van der Waals surface area (Å²) in [5.74, 6) is 0.0613. The first-order valence-electron chi connectivity index (χ1n) is 4.86. The quantitative estimate of drug-likeness (QED) is 0.700. The van der Waals surface area contributed by atoms with Crippen LogP contribution in [0.5, 0.6) is 11.5 Å². The van der Waals surface area contributed by atoms with Crippen LogP contribution in [0, 0.1) is 0 Å². The Bertz CT molecular complexity index is 381. The predicted octanol–water partition coefficient (Wildman–Crippen LogP) is 1.58.